The second-order valence-corrected chi connectivity index (χ2v) is 8.97. The Labute approximate surface area is 205 Å². The number of nitrogens with one attached hydrogen (secondary N) is 2. The number of fused-ring (bicyclic) bond motifs is 3. The summed E-state index contributed by atoms with van der Waals surface area (Å²) >= 11 is 1.28. The maximum Gasteiger partial charge on any atom is 0.407 e. The molecule has 1 atom stereocenters. The Morgan fingerprint density at radius 2 is 1.66 bits per heavy atom. The van der Waals surface area contributed by atoms with Crippen molar-refractivity contribution in [2.75, 3.05) is 19.7 Å². The van der Waals surface area contributed by atoms with Crippen LogP contribution in [0.5, 0.6) is 0 Å². The number of aliphatic hydroxyl groups is 1. The number of thiazole rings is 1. The highest BCUT2D eigenvalue weighted by molar-refractivity contribution is 7.09. The predicted octanol–water partition coefficient (Wildman–Crippen LogP) is 2.79. The van der Waals surface area contributed by atoms with Gasteiger partial charge in [-0.05, 0) is 22.3 Å². The molecular formula is C25H25N3O6S. The summed E-state index contributed by atoms with van der Waals surface area (Å²) in [4.78, 5) is 39.2. The Morgan fingerprint density at radius 1 is 1.00 bits per heavy atom. The first kappa shape index (κ1) is 24.4. The zero-order valence-corrected chi connectivity index (χ0v) is 19.6. The number of carboxylic acids is 1. The monoisotopic (exact) mass is 495 g/mol. The number of ether oxygens (including phenoxy) is 1. The number of aliphatic carboxylic acids is 1. The normalized spacial score (nSPS) is 12.9. The van der Waals surface area contributed by atoms with Gasteiger partial charge in [-0.25, -0.2) is 14.6 Å². The van der Waals surface area contributed by atoms with Crippen molar-refractivity contribution in [3.63, 3.8) is 0 Å². The van der Waals surface area contributed by atoms with Crippen LogP contribution in [-0.4, -0.2) is 59.0 Å². The number of rotatable bonds is 10. The Kier molecular flexibility index (Phi) is 7.74. The van der Waals surface area contributed by atoms with Gasteiger partial charge in [-0.15, -0.1) is 11.3 Å². The van der Waals surface area contributed by atoms with E-state index < -0.39 is 24.1 Å². The maximum absolute atomic E-state index is 12.3. The minimum Gasteiger partial charge on any atom is -0.479 e. The SMILES string of the molecule is O=C(NCCc1nc(C(=O)NCCC(O)C(=O)O)cs1)OCC1c2ccccc2-c2ccccc21. The second-order valence-electron chi connectivity index (χ2n) is 8.03. The molecule has 0 saturated carbocycles. The van der Waals surface area contributed by atoms with Gasteiger partial charge in [0.1, 0.15) is 12.3 Å². The van der Waals surface area contributed by atoms with Crippen molar-refractivity contribution in [3.05, 3.63) is 75.7 Å². The summed E-state index contributed by atoms with van der Waals surface area (Å²) in [5.74, 6) is -1.79. The van der Waals surface area contributed by atoms with Crippen LogP contribution in [0.25, 0.3) is 11.1 Å². The lowest BCUT2D eigenvalue weighted by atomic mass is 9.98. The molecular weight excluding hydrogens is 470 g/mol. The Balaban J connectivity index is 1.21. The van der Waals surface area contributed by atoms with Gasteiger partial charge in [0.25, 0.3) is 5.91 Å². The van der Waals surface area contributed by atoms with Gasteiger partial charge in [0.15, 0.2) is 6.10 Å². The molecule has 10 heteroatoms. The summed E-state index contributed by atoms with van der Waals surface area (Å²) in [5.41, 5.74) is 4.83. The third-order valence-electron chi connectivity index (χ3n) is 5.72. The number of aliphatic hydroxyl groups excluding tert-OH is 1. The number of carbonyl (C=O) groups is 3. The van der Waals surface area contributed by atoms with Gasteiger partial charge >= 0.3 is 12.1 Å². The summed E-state index contributed by atoms with van der Waals surface area (Å²) < 4.78 is 5.51. The molecule has 1 aliphatic rings. The molecule has 3 aromatic rings. The van der Waals surface area contributed by atoms with E-state index in [1.54, 1.807) is 5.38 Å². The topological polar surface area (TPSA) is 138 Å². The predicted molar refractivity (Wildman–Crippen MR) is 129 cm³/mol. The molecule has 1 aliphatic carbocycles. The maximum atomic E-state index is 12.3. The number of amides is 2. The zero-order chi connectivity index (χ0) is 24.8. The Morgan fingerprint density at radius 3 is 2.31 bits per heavy atom. The summed E-state index contributed by atoms with van der Waals surface area (Å²) in [6, 6.07) is 16.3. The first-order valence-corrected chi connectivity index (χ1v) is 12.0. The fraction of sp³-hybridized carbons (Fsp3) is 0.280. The van der Waals surface area contributed by atoms with E-state index >= 15 is 0 Å². The van der Waals surface area contributed by atoms with Gasteiger partial charge < -0.3 is 25.6 Å². The molecule has 0 spiro atoms. The minimum absolute atomic E-state index is 0.00945. The molecule has 0 fully saturated rings. The Hall–Kier alpha value is -3.76. The van der Waals surface area contributed by atoms with Gasteiger partial charge in [-0.1, -0.05) is 48.5 Å². The highest BCUT2D eigenvalue weighted by Gasteiger charge is 2.29. The lowest BCUT2D eigenvalue weighted by Crippen LogP contribution is -2.30. The number of carboxylic acid groups (broad SMARTS) is 1. The molecule has 2 aromatic carbocycles. The van der Waals surface area contributed by atoms with Gasteiger partial charge in [-0.3, -0.25) is 4.79 Å². The van der Waals surface area contributed by atoms with Crippen LogP contribution in [0.4, 0.5) is 4.79 Å². The molecule has 4 rings (SSSR count). The fourth-order valence-corrected chi connectivity index (χ4v) is 4.77. The molecule has 0 aliphatic heterocycles. The van der Waals surface area contributed by atoms with E-state index in [1.807, 2.05) is 24.3 Å². The fourth-order valence-electron chi connectivity index (χ4n) is 3.99. The van der Waals surface area contributed by atoms with Crippen molar-refractivity contribution < 1.29 is 29.3 Å². The number of alkyl carbamates (subject to hydrolysis) is 1. The highest BCUT2D eigenvalue weighted by atomic mass is 32.1. The average Bonchev–Trinajstić information content (AvgIpc) is 3.45. The number of aromatic nitrogens is 1. The van der Waals surface area contributed by atoms with Crippen molar-refractivity contribution in [1.29, 1.82) is 0 Å². The number of benzene rings is 2. The largest absolute Gasteiger partial charge is 0.479 e. The van der Waals surface area contributed by atoms with Crippen molar-refractivity contribution in [3.8, 4) is 11.1 Å². The molecule has 1 heterocycles. The zero-order valence-electron chi connectivity index (χ0n) is 18.8. The van der Waals surface area contributed by atoms with Crippen LogP contribution < -0.4 is 10.6 Å². The molecule has 1 unspecified atom stereocenters. The van der Waals surface area contributed by atoms with Crippen molar-refractivity contribution in [2.45, 2.75) is 24.9 Å². The van der Waals surface area contributed by atoms with Gasteiger partial charge in [0.2, 0.25) is 0 Å². The van der Waals surface area contributed by atoms with E-state index in [0.29, 0.717) is 18.0 Å². The van der Waals surface area contributed by atoms with Crippen molar-refractivity contribution >= 4 is 29.3 Å². The first-order chi connectivity index (χ1) is 16.9. The van der Waals surface area contributed by atoms with Crippen LogP contribution in [0, 0.1) is 0 Å². The number of carbonyl (C=O) groups excluding carboxylic acids is 2. The second kappa shape index (κ2) is 11.1. The molecule has 1 aromatic heterocycles. The summed E-state index contributed by atoms with van der Waals surface area (Å²) in [6.07, 6.45) is -1.70. The highest BCUT2D eigenvalue weighted by Crippen LogP contribution is 2.44. The van der Waals surface area contributed by atoms with Crippen LogP contribution >= 0.6 is 11.3 Å². The van der Waals surface area contributed by atoms with Crippen LogP contribution in [0.3, 0.4) is 0 Å². The minimum atomic E-state index is -1.52. The molecule has 0 saturated heterocycles. The molecule has 4 N–H and O–H groups in total. The van der Waals surface area contributed by atoms with Gasteiger partial charge in [-0.2, -0.15) is 0 Å². The van der Waals surface area contributed by atoms with E-state index in [4.69, 9.17) is 9.84 Å². The van der Waals surface area contributed by atoms with E-state index in [9.17, 15) is 19.5 Å². The van der Waals surface area contributed by atoms with Gasteiger partial charge in [0.05, 0.1) is 5.01 Å². The molecule has 182 valence electrons. The van der Waals surface area contributed by atoms with E-state index in [1.165, 1.54) is 22.5 Å². The number of nitrogens with zero attached hydrogens (tertiary/aromatic N) is 1. The molecule has 2 amide bonds. The van der Waals surface area contributed by atoms with Crippen molar-refractivity contribution in [1.82, 2.24) is 15.6 Å². The number of hydrogen-bond donors (Lipinski definition) is 4. The summed E-state index contributed by atoms with van der Waals surface area (Å²) in [7, 11) is 0. The smallest absolute Gasteiger partial charge is 0.407 e. The average molecular weight is 496 g/mol. The van der Waals surface area contributed by atoms with Crippen LogP contribution in [0.15, 0.2) is 53.9 Å². The van der Waals surface area contributed by atoms with Crippen LogP contribution in [0.1, 0.15) is 39.0 Å². The van der Waals surface area contributed by atoms with E-state index in [0.717, 1.165) is 11.1 Å². The Bertz CT molecular complexity index is 1180. The molecule has 35 heavy (non-hydrogen) atoms. The molecule has 0 radical (unpaired) electrons. The van der Waals surface area contributed by atoms with E-state index in [-0.39, 0.29) is 31.2 Å². The van der Waals surface area contributed by atoms with Gasteiger partial charge in [0, 0.05) is 37.2 Å². The number of hydrogen-bond acceptors (Lipinski definition) is 7. The third-order valence-corrected chi connectivity index (χ3v) is 6.63. The standard InChI is InChI=1S/C25H25N3O6S/c29-21(24(31)32)9-11-26-23(30)20-14-35-22(28-20)10-12-27-25(33)34-13-19-17-7-3-1-5-15(17)16-6-2-4-8-18(16)19/h1-8,14,19,21,29H,9-13H2,(H,26,30)(H,27,33)(H,31,32). The summed E-state index contributed by atoms with van der Waals surface area (Å²) in [6.45, 7) is 0.552. The lowest BCUT2D eigenvalue weighted by molar-refractivity contribution is -0.146. The first-order valence-electron chi connectivity index (χ1n) is 11.2. The third kappa shape index (κ3) is 5.84. The van der Waals surface area contributed by atoms with Crippen LogP contribution in [-0.2, 0) is 16.0 Å². The quantitative estimate of drug-likeness (QED) is 0.339. The van der Waals surface area contributed by atoms with Crippen molar-refractivity contribution in [2.24, 2.45) is 0 Å². The summed E-state index contributed by atoms with van der Waals surface area (Å²) in [5, 5.41) is 25.4. The van der Waals surface area contributed by atoms with Crippen LogP contribution in [0.2, 0.25) is 0 Å². The molecule has 0 bridgehead atoms. The lowest BCUT2D eigenvalue weighted by Gasteiger charge is -2.14. The molecule has 9 nitrogen and oxygen atoms in total. The van der Waals surface area contributed by atoms with E-state index in [2.05, 4.69) is 39.9 Å².